The highest BCUT2D eigenvalue weighted by molar-refractivity contribution is 6.35. The van der Waals surface area contributed by atoms with Gasteiger partial charge in [0.25, 0.3) is 11.8 Å². The molecule has 5 heteroatoms. The molecule has 1 N–H and O–H groups in total. The van der Waals surface area contributed by atoms with E-state index in [4.69, 9.17) is 0 Å². The molecule has 0 spiro atoms. The summed E-state index contributed by atoms with van der Waals surface area (Å²) in [5.41, 5.74) is 1.85. The third-order valence-electron chi connectivity index (χ3n) is 5.53. The van der Waals surface area contributed by atoms with Crippen LogP contribution in [0.5, 0.6) is 0 Å². The molecule has 0 aromatic heterocycles. The first kappa shape index (κ1) is 19.6. The molecule has 0 bridgehead atoms. The van der Waals surface area contributed by atoms with Crippen LogP contribution in [-0.4, -0.2) is 53.0 Å². The minimum atomic E-state index is -0.177. The van der Waals surface area contributed by atoms with E-state index < -0.39 is 0 Å². The van der Waals surface area contributed by atoms with Gasteiger partial charge in [0.15, 0.2) is 0 Å². The second-order valence-electron chi connectivity index (χ2n) is 7.55. The van der Waals surface area contributed by atoms with Crippen molar-refractivity contribution in [1.29, 1.82) is 0 Å². The first-order chi connectivity index (χ1) is 13.2. The van der Waals surface area contributed by atoms with Crippen molar-refractivity contribution in [2.24, 2.45) is 5.92 Å². The third-order valence-corrected chi connectivity index (χ3v) is 5.53. The zero-order valence-corrected chi connectivity index (χ0v) is 16.2. The van der Waals surface area contributed by atoms with Gasteiger partial charge in [-0.15, -0.1) is 0 Å². The van der Waals surface area contributed by atoms with Gasteiger partial charge in [-0.05, 0) is 30.7 Å². The van der Waals surface area contributed by atoms with E-state index in [1.54, 1.807) is 0 Å². The van der Waals surface area contributed by atoms with Gasteiger partial charge < -0.3 is 10.0 Å². The van der Waals surface area contributed by atoms with Crippen LogP contribution in [0.25, 0.3) is 5.57 Å². The van der Waals surface area contributed by atoms with Crippen molar-refractivity contribution in [2.45, 2.75) is 45.4 Å². The number of nitrogens with zero attached hydrogens (tertiary/aromatic N) is 2. The van der Waals surface area contributed by atoms with Gasteiger partial charge in [-0.25, -0.2) is 0 Å². The number of unbranched alkanes of at least 4 members (excludes halogenated alkanes) is 3. The number of hydrogen-bond donors (Lipinski definition) is 1. The molecule has 1 atom stereocenters. The lowest BCUT2D eigenvalue weighted by atomic mass is 9.97. The van der Waals surface area contributed by atoms with E-state index in [1.807, 2.05) is 35.2 Å². The maximum Gasteiger partial charge on any atom is 0.277 e. The summed E-state index contributed by atoms with van der Waals surface area (Å²) in [7, 11) is 0. The van der Waals surface area contributed by atoms with Gasteiger partial charge in [0.2, 0.25) is 0 Å². The molecule has 2 aliphatic heterocycles. The zero-order valence-electron chi connectivity index (χ0n) is 16.2. The lowest BCUT2D eigenvalue weighted by molar-refractivity contribution is -0.137. The Balaban J connectivity index is 1.89. The number of imide groups is 1. The zero-order chi connectivity index (χ0) is 19.2. The first-order valence-corrected chi connectivity index (χ1v) is 10.2. The second kappa shape index (κ2) is 9.18. The molecule has 2 amide bonds. The van der Waals surface area contributed by atoms with E-state index in [0.29, 0.717) is 24.4 Å². The lowest BCUT2D eigenvalue weighted by Crippen LogP contribution is -2.40. The smallest absolute Gasteiger partial charge is 0.277 e. The molecule has 5 nitrogen and oxygen atoms in total. The predicted octanol–water partition coefficient (Wildman–Crippen LogP) is 3.05. The van der Waals surface area contributed by atoms with E-state index in [2.05, 4.69) is 6.92 Å². The number of benzene rings is 1. The van der Waals surface area contributed by atoms with E-state index in [9.17, 15) is 14.7 Å². The average Bonchev–Trinajstić information content (AvgIpc) is 2.96. The van der Waals surface area contributed by atoms with Crippen molar-refractivity contribution >= 4 is 17.4 Å². The molecule has 1 aromatic carbocycles. The number of rotatable bonds is 8. The molecular weight excluding hydrogens is 340 g/mol. The molecule has 3 rings (SSSR count). The Labute approximate surface area is 161 Å². The molecular formula is C22H30N2O3. The van der Waals surface area contributed by atoms with Crippen molar-refractivity contribution in [3.05, 3.63) is 41.6 Å². The Morgan fingerprint density at radius 2 is 1.85 bits per heavy atom. The number of piperidine rings is 1. The van der Waals surface area contributed by atoms with Gasteiger partial charge in [-0.3, -0.25) is 14.5 Å². The van der Waals surface area contributed by atoms with Crippen molar-refractivity contribution in [2.75, 3.05) is 26.2 Å². The average molecular weight is 370 g/mol. The molecule has 1 saturated heterocycles. The highest BCUT2D eigenvalue weighted by atomic mass is 16.3. The van der Waals surface area contributed by atoms with E-state index in [1.165, 1.54) is 4.90 Å². The predicted molar refractivity (Wildman–Crippen MR) is 106 cm³/mol. The maximum absolute atomic E-state index is 13.2. The highest BCUT2D eigenvalue weighted by Crippen LogP contribution is 2.34. The van der Waals surface area contributed by atoms with Crippen LogP contribution < -0.4 is 0 Å². The van der Waals surface area contributed by atoms with Crippen molar-refractivity contribution in [1.82, 2.24) is 9.80 Å². The van der Waals surface area contributed by atoms with Crippen molar-refractivity contribution < 1.29 is 14.7 Å². The lowest BCUT2D eigenvalue weighted by Gasteiger charge is -2.34. The Kier molecular flexibility index (Phi) is 6.67. The van der Waals surface area contributed by atoms with E-state index in [0.717, 1.165) is 50.6 Å². The summed E-state index contributed by atoms with van der Waals surface area (Å²) in [6.45, 7) is 4.13. The fraction of sp³-hybridized carbons (Fsp3) is 0.545. The van der Waals surface area contributed by atoms with Gasteiger partial charge in [0, 0.05) is 26.2 Å². The Morgan fingerprint density at radius 1 is 1.07 bits per heavy atom. The fourth-order valence-electron chi connectivity index (χ4n) is 4.04. The van der Waals surface area contributed by atoms with Crippen molar-refractivity contribution in [3.63, 3.8) is 0 Å². The molecule has 27 heavy (non-hydrogen) atoms. The summed E-state index contributed by atoms with van der Waals surface area (Å²) in [5, 5.41) is 9.57. The standard InChI is InChI=1S/C22H30N2O3/c1-2-3-4-8-14-24-21(26)19(18-11-6-5-7-12-18)20(22(24)27)23-13-9-10-17(15-23)16-25/h5-7,11-12,17,25H,2-4,8-10,13-16H2,1H3. The van der Waals surface area contributed by atoms with Gasteiger partial charge in [-0.1, -0.05) is 56.5 Å². The highest BCUT2D eigenvalue weighted by Gasteiger charge is 2.42. The van der Waals surface area contributed by atoms with Crippen LogP contribution in [0.2, 0.25) is 0 Å². The first-order valence-electron chi connectivity index (χ1n) is 10.2. The summed E-state index contributed by atoms with van der Waals surface area (Å²) < 4.78 is 0. The van der Waals surface area contributed by atoms with Crippen LogP contribution in [-0.2, 0) is 9.59 Å². The van der Waals surface area contributed by atoms with Crippen LogP contribution in [0.1, 0.15) is 51.0 Å². The Morgan fingerprint density at radius 3 is 2.56 bits per heavy atom. The summed E-state index contributed by atoms with van der Waals surface area (Å²) in [6.07, 6.45) is 6.00. The molecule has 0 saturated carbocycles. The van der Waals surface area contributed by atoms with Gasteiger partial charge in [0.05, 0.1) is 5.57 Å². The molecule has 1 unspecified atom stereocenters. The Bertz CT molecular complexity index is 699. The molecule has 1 aromatic rings. The number of aliphatic hydroxyl groups is 1. The number of carbonyl (C=O) groups is 2. The van der Waals surface area contributed by atoms with Crippen LogP contribution in [0.4, 0.5) is 0 Å². The number of likely N-dealkylation sites (tertiary alicyclic amines) is 1. The van der Waals surface area contributed by atoms with Gasteiger partial charge in [-0.2, -0.15) is 0 Å². The molecule has 146 valence electrons. The van der Waals surface area contributed by atoms with Crippen LogP contribution in [0.15, 0.2) is 36.0 Å². The number of carbonyl (C=O) groups excluding carboxylic acids is 2. The maximum atomic E-state index is 13.2. The number of aliphatic hydroxyl groups excluding tert-OH is 1. The van der Waals surface area contributed by atoms with E-state index >= 15 is 0 Å². The summed E-state index contributed by atoms with van der Waals surface area (Å²) in [4.78, 5) is 29.8. The molecule has 2 aliphatic rings. The fourth-order valence-corrected chi connectivity index (χ4v) is 4.04. The normalized spacial score (nSPS) is 20.7. The summed E-state index contributed by atoms with van der Waals surface area (Å²) in [6, 6.07) is 9.50. The van der Waals surface area contributed by atoms with Crippen molar-refractivity contribution in [3.8, 4) is 0 Å². The SMILES string of the molecule is CCCCCCN1C(=O)C(c2ccccc2)=C(N2CCCC(CO)C2)C1=O. The van der Waals surface area contributed by atoms with Crippen LogP contribution in [0, 0.1) is 5.92 Å². The second-order valence-corrected chi connectivity index (χ2v) is 7.55. The minimum absolute atomic E-state index is 0.118. The monoisotopic (exact) mass is 370 g/mol. The molecule has 1 fully saturated rings. The number of hydrogen-bond acceptors (Lipinski definition) is 4. The quantitative estimate of drug-likeness (QED) is 0.564. The van der Waals surface area contributed by atoms with Gasteiger partial charge >= 0.3 is 0 Å². The largest absolute Gasteiger partial charge is 0.396 e. The third kappa shape index (κ3) is 4.24. The topological polar surface area (TPSA) is 60.9 Å². The summed E-state index contributed by atoms with van der Waals surface area (Å²) in [5.74, 6) is -0.192. The van der Waals surface area contributed by atoms with Crippen LogP contribution in [0.3, 0.4) is 0 Å². The summed E-state index contributed by atoms with van der Waals surface area (Å²) >= 11 is 0. The van der Waals surface area contributed by atoms with Crippen LogP contribution >= 0.6 is 0 Å². The number of amides is 2. The molecule has 2 heterocycles. The minimum Gasteiger partial charge on any atom is -0.396 e. The molecule has 0 aliphatic carbocycles. The van der Waals surface area contributed by atoms with E-state index in [-0.39, 0.29) is 24.3 Å². The Hall–Kier alpha value is -2.14. The van der Waals surface area contributed by atoms with Gasteiger partial charge in [0.1, 0.15) is 5.70 Å². The molecule has 0 radical (unpaired) electrons.